The standard InChI is InChI=1S/C11H10ClFO/c1-6-2-7-4-8(13)5-9(12)11(7)10(14)3-6/h4-6H,2-3H2,1H3. The molecule has 0 aliphatic heterocycles. The summed E-state index contributed by atoms with van der Waals surface area (Å²) in [5.74, 6) is -0.0488. The molecular weight excluding hydrogens is 203 g/mol. The van der Waals surface area contributed by atoms with E-state index in [0.717, 1.165) is 12.0 Å². The molecule has 0 heterocycles. The van der Waals surface area contributed by atoms with Gasteiger partial charge in [-0.05, 0) is 30.0 Å². The van der Waals surface area contributed by atoms with Gasteiger partial charge in [0.15, 0.2) is 5.78 Å². The number of Topliss-reactive ketones (excluding diaryl/α,β-unsaturated/α-hetero) is 1. The SMILES string of the molecule is CC1CC(=O)c2c(Cl)cc(F)cc2C1. The Morgan fingerprint density at radius 3 is 2.86 bits per heavy atom. The summed E-state index contributed by atoms with van der Waals surface area (Å²) in [5, 5.41) is 0.247. The van der Waals surface area contributed by atoms with E-state index in [2.05, 4.69) is 0 Å². The summed E-state index contributed by atoms with van der Waals surface area (Å²) in [6, 6.07) is 2.61. The van der Waals surface area contributed by atoms with Crippen molar-refractivity contribution in [2.75, 3.05) is 0 Å². The average Bonchev–Trinajstić information content (AvgIpc) is 1.99. The van der Waals surface area contributed by atoms with Crippen molar-refractivity contribution in [1.82, 2.24) is 0 Å². The van der Waals surface area contributed by atoms with Crippen molar-refractivity contribution in [1.29, 1.82) is 0 Å². The molecule has 1 aromatic rings. The van der Waals surface area contributed by atoms with Gasteiger partial charge in [0.2, 0.25) is 0 Å². The molecule has 3 heteroatoms. The van der Waals surface area contributed by atoms with Crippen LogP contribution in [0.2, 0.25) is 5.02 Å². The predicted molar refractivity (Wildman–Crippen MR) is 53.2 cm³/mol. The zero-order valence-electron chi connectivity index (χ0n) is 7.81. The van der Waals surface area contributed by atoms with Gasteiger partial charge in [0, 0.05) is 12.0 Å². The summed E-state index contributed by atoms with van der Waals surface area (Å²) in [4.78, 5) is 11.6. The van der Waals surface area contributed by atoms with Crippen LogP contribution in [0.5, 0.6) is 0 Å². The molecular formula is C11H10ClFO. The fourth-order valence-electron chi connectivity index (χ4n) is 1.97. The highest BCUT2D eigenvalue weighted by Gasteiger charge is 2.25. The third-order valence-electron chi connectivity index (χ3n) is 2.52. The summed E-state index contributed by atoms with van der Waals surface area (Å²) in [6.07, 6.45) is 1.25. The minimum absolute atomic E-state index is 0.0313. The molecule has 1 aliphatic carbocycles. The van der Waals surface area contributed by atoms with Gasteiger partial charge in [-0.2, -0.15) is 0 Å². The van der Waals surface area contributed by atoms with Gasteiger partial charge in [-0.1, -0.05) is 18.5 Å². The van der Waals surface area contributed by atoms with E-state index in [9.17, 15) is 9.18 Å². The Morgan fingerprint density at radius 2 is 2.14 bits per heavy atom. The monoisotopic (exact) mass is 212 g/mol. The molecule has 1 unspecified atom stereocenters. The van der Waals surface area contributed by atoms with Gasteiger partial charge >= 0.3 is 0 Å². The molecule has 0 saturated carbocycles. The van der Waals surface area contributed by atoms with Crippen molar-refractivity contribution in [2.45, 2.75) is 19.8 Å². The lowest BCUT2D eigenvalue weighted by molar-refractivity contribution is 0.0953. The van der Waals surface area contributed by atoms with Gasteiger partial charge in [0.05, 0.1) is 5.02 Å². The highest BCUT2D eigenvalue weighted by Crippen LogP contribution is 2.31. The second-order valence-corrected chi connectivity index (χ2v) is 4.27. The van der Waals surface area contributed by atoms with Gasteiger partial charge < -0.3 is 0 Å². The molecule has 0 saturated heterocycles. The normalized spacial score (nSPS) is 20.8. The Balaban J connectivity index is 2.59. The van der Waals surface area contributed by atoms with Gasteiger partial charge in [0.25, 0.3) is 0 Å². The molecule has 0 aromatic heterocycles. The first-order valence-electron chi connectivity index (χ1n) is 4.59. The third-order valence-corrected chi connectivity index (χ3v) is 2.82. The molecule has 1 atom stereocenters. The fraction of sp³-hybridized carbons (Fsp3) is 0.364. The van der Waals surface area contributed by atoms with Crippen LogP contribution in [0, 0.1) is 11.7 Å². The van der Waals surface area contributed by atoms with Crippen LogP contribution in [0.1, 0.15) is 29.3 Å². The zero-order chi connectivity index (χ0) is 10.3. The van der Waals surface area contributed by atoms with Crippen LogP contribution in [0.4, 0.5) is 4.39 Å². The predicted octanol–water partition coefficient (Wildman–Crippen LogP) is 3.24. The third kappa shape index (κ3) is 1.55. The van der Waals surface area contributed by atoms with E-state index >= 15 is 0 Å². The number of rotatable bonds is 0. The van der Waals surface area contributed by atoms with E-state index in [1.807, 2.05) is 6.92 Å². The molecule has 14 heavy (non-hydrogen) atoms. The van der Waals surface area contributed by atoms with E-state index < -0.39 is 0 Å². The Labute approximate surface area is 86.9 Å². The molecule has 0 N–H and O–H groups in total. The first-order chi connectivity index (χ1) is 6.58. The van der Waals surface area contributed by atoms with Crippen molar-refractivity contribution in [3.63, 3.8) is 0 Å². The van der Waals surface area contributed by atoms with E-state index in [1.165, 1.54) is 12.1 Å². The van der Waals surface area contributed by atoms with E-state index in [-0.39, 0.29) is 22.5 Å². The maximum atomic E-state index is 13.0. The van der Waals surface area contributed by atoms with Crippen molar-refractivity contribution in [3.8, 4) is 0 Å². The minimum Gasteiger partial charge on any atom is -0.294 e. The zero-order valence-corrected chi connectivity index (χ0v) is 8.57. The lowest BCUT2D eigenvalue weighted by atomic mass is 9.84. The minimum atomic E-state index is -0.365. The number of fused-ring (bicyclic) bond motifs is 1. The number of benzene rings is 1. The van der Waals surface area contributed by atoms with Gasteiger partial charge in [-0.15, -0.1) is 0 Å². The number of carbonyl (C=O) groups excluding carboxylic acids is 1. The van der Waals surface area contributed by atoms with Crippen LogP contribution < -0.4 is 0 Å². The van der Waals surface area contributed by atoms with Gasteiger partial charge in [-0.25, -0.2) is 4.39 Å². The Bertz CT molecular complexity index is 401. The summed E-state index contributed by atoms with van der Waals surface area (Å²) < 4.78 is 13.0. The Kier molecular flexibility index (Phi) is 2.31. The molecule has 0 radical (unpaired) electrons. The van der Waals surface area contributed by atoms with Gasteiger partial charge in [-0.3, -0.25) is 4.79 Å². The molecule has 0 bridgehead atoms. The van der Waals surface area contributed by atoms with Crippen LogP contribution in [-0.4, -0.2) is 5.78 Å². The largest absolute Gasteiger partial charge is 0.294 e. The number of hydrogen-bond acceptors (Lipinski definition) is 1. The summed E-state index contributed by atoms with van der Waals surface area (Å²) in [5.41, 5.74) is 1.27. The lowest BCUT2D eigenvalue weighted by Crippen LogP contribution is -2.18. The van der Waals surface area contributed by atoms with Crippen molar-refractivity contribution >= 4 is 17.4 Å². The van der Waals surface area contributed by atoms with E-state index in [0.29, 0.717) is 12.0 Å². The van der Waals surface area contributed by atoms with Crippen molar-refractivity contribution < 1.29 is 9.18 Å². The smallest absolute Gasteiger partial charge is 0.164 e. The molecule has 0 fully saturated rings. The maximum absolute atomic E-state index is 13.0. The molecule has 0 amide bonds. The lowest BCUT2D eigenvalue weighted by Gasteiger charge is -2.21. The first-order valence-corrected chi connectivity index (χ1v) is 4.97. The Morgan fingerprint density at radius 1 is 1.43 bits per heavy atom. The topological polar surface area (TPSA) is 17.1 Å². The fourth-order valence-corrected chi connectivity index (χ4v) is 2.30. The molecule has 1 aromatic carbocycles. The highest BCUT2D eigenvalue weighted by molar-refractivity contribution is 6.34. The molecule has 1 aliphatic rings. The first kappa shape index (κ1) is 9.66. The van der Waals surface area contributed by atoms with Crippen LogP contribution in [0.3, 0.4) is 0 Å². The number of halogens is 2. The van der Waals surface area contributed by atoms with Crippen LogP contribution in [-0.2, 0) is 6.42 Å². The maximum Gasteiger partial charge on any atom is 0.164 e. The van der Waals surface area contributed by atoms with Gasteiger partial charge in [0.1, 0.15) is 5.82 Å². The van der Waals surface area contributed by atoms with Crippen LogP contribution in [0.15, 0.2) is 12.1 Å². The second kappa shape index (κ2) is 3.35. The van der Waals surface area contributed by atoms with Crippen molar-refractivity contribution in [3.05, 3.63) is 34.1 Å². The van der Waals surface area contributed by atoms with Crippen molar-refractivity contribution in [2.24, 2.45) is 5.92 Å². The molecule has 1 nitrogen and oxygen atoms in total. The summed E-state index contributed by atoms with van der Waals surface area (Å²) in [7, 11) is 0. The molecule has 0 spiro atoms. The summed E-state index contributed by atoms with van der Waals surface area (Å²) in [6.45, 7) is 1.99. The average molecular weight is 213 g/mol. The highest BCUT2D eigenvalue weighted by atomic mass is 35.5. The number of ketones is 1. The molecule has 74 valence electrons. The number of hydrogen-bond donors (Lipinski definition) is 0. The molecule has 2 rings (SSSR count). The quantitative estimate of drug-likeness (QED) is 0.645. The number of carbonyl (C=O) groups is 1. The van der Waals surface area contributed by atoms with Crippen LogP contribution >= 0.6 is 11.6 Å². The summed E-state index contributed by atoms with van der Waals surface area (Å²) >= 11 is 5.83. The van der Waals surface area contributed by atoms with Crippen LogP contribution in [0.25, 0.3) is 0 Å². The second-order valence-electron chi connectivity index (χ2n) is 3.86. The van der Waals surface area contributed by atoms with E-state index in [4.69, 9.17) is 11.6 Å². The van der Waals surface area contributed by atoms with E-state index in [1.54, 1.807) is 0 Å². The Hall–Kier alpha value is -0.890.